The van der Waals surface area contributed by atoms with Crippen LogP contribution in [0.1, 0.15) is 37.7 Å². The molecule has 0 saturated heterocycles. The molecular formula is C16H25NO2S. The maximum absolute atomic E-state index is 5.41. The molecule has 0 spiro atoms. The minimum absolute atomic E-state index is 0.673. The highest BCUT2D eigenvalue weighted by Crippen LogP contribution is 2.34. The van der Waals surface area contributed by atoms with Crippen LogP contribution in [0.25, 0.3) is 0 Å². The number of rotatable bonds is 6. The van der Waals surface area contributed by atoms with Gasteiger partial charge in [-0.3, -0.25) is 0 Å². The zero-order chi connectivity index (χ0) is 14.4. The summed E-state index contributed by atoms with van der Waals surface area (Å²) in [6, 6.07) is 4.84. The minimum atomic E-state index is 0.673. The number of nitrogens with one attached hydrogen (secondary N) is 1. The summed E-state index contributed by atoms with van der Waals surface area (Å²) in [7, 11) is 3.37. The lowest BCUT2D eigenvalue weighted by Gasteiger charge is -2.23. The van der Waals surface area contributed by atoms with Gasteiger partial charge in [0.05, 0.1) is 14.2 Å². The molecule has 2 rings (SSSR count). The van der Waals surface area contributed by atoms with Crippen LogP contribution in [-0.2, 0) is 6.54 Å². The van der Waals surface area contributed by atoms with E-state index in [9.17, 15) is 0 Å². The lowest BCUT2D eigenvalue weighted by molar-refractivity contribution is 0.351. The van der Waals surface area contributed by atoms with Gasteiger partial charge in [0.15, 0.2) is 11.5 Å². The van der Waals surface area contributed by atoms with Gasteiger partial charge in [-0.15, -0.1) is 11.8 Å². The molecule has 112 valence electrons. The number of hydrogen-bond acceptors (Lipinski definition) is 4. The zero-order valence-corrected chi connectivity index (χ0v) is 13.5. The van der Waals surface area contributed by atoms with E-state index in [4.69, 9.17) is 9.47 Å². The molecule has 1 aliphatic rings. The van der Waals surface area contributed by atoms with E-state index in [-0.39, 0.29) is 0 Å². The molecule has 0 atom stereocenters. The van der Waals surface area contributed by atoms with Crippen LogP contribution in [0.5, 0.6) is 11.5 Å². The molecule has 1 N–H and O–H groups in total. The first-order valence-corrected chi connectivity index (χ1v) is 8.53. The van der Waals surface area contributed by atoms with Crippen molar-refractivity contribution < 1.29 is 9.47 Å². The summed E-state index contributed by atoms with van der Waals surface area (Å²) >= 11 is 1.76. The van der Waals surface area contributed by atoms with E-state index in [0.717, 1.165) is 18.0 Å². The first-order chi connectivity index (χ1) is 9.78. The van der Waals surface area contributed by atoms with Gasteiger partial charge in [-0.05, 0) is 36.8 Å². The van der Waals surface area contributed by atoms with Crippen LogP contribution in [0.15, 0.2) is 17.0 Å². The van der Waals surface area contributed by atoms with Crippen molar-refractivity contribution >= 4 is 11.8 Å². The van der Waals surface area contributed by atoms with Crippen LogP contribution in [-0.4, -0.2) is 26.5 Å². The molecule has 1 aromatic carbocycles. The van der Waals surface area contributed by atoms with Crippen LogP contribution >= 0.6 is 11.8 Å². The molecule has 4 heteroatoms. The summed E-state index contributed by atoms with van der Waals surface area (Å²) < 4.78 is 10.8. The van der Waals surface area contributed by atoms with Gasteiger partial charge in [0.2, 0.25) is 0 Å². The van der Waals surface area contributed by atoms with Gasteiger partial charge in [0.1, 0.15) is 0 Å². The lowest BCUT2D eigenvalue weighted by atomic mass is 9.95. The van der Waals surface area contributed by atoms with Crippen molar-refractivity contribution in [3.05, 3.63) is 17.7 Å². The first kappa shape index (κ1) is 15.5. The molecule has 0 aromatic heterocycles. The van der Waals surface area contributed by atoms with E-state index in [1.165, 1.54) is 42.6 Å². The van der Waals surface area contributed by atoms with E-state index >= 15 is 0 Å². The van der Waals surface area contributed by atoms with Crippen molar-refractivity contribution in [2.75, 3.05) is 20.5 Å². The Bertz CT molecular complexity index is 431. The average Bonchev–Trinajstić information content (AvgIpc) is 2.52. The van der Waals surface area contributed by atoms with Gasteiger partial charge in [0, 0.05) is 17.5 Å². The predicted octanol–water partition coefficient (Wildman–Crippen LogP) is 3.85. The summed E-state index contributed by atoms with van der Waals surface area (Å²) in [5, 5.41) is 3.69. The van der Waals surface area contributed by atoms with Gasteiger partial charge in [-0.1, -0.05) is 19.3 Å². The van der Waals surface area contributed by atoms with Crippen molar-refractivity contribution in [2.24, 2.45) is 0 Å². The molecule has 3 nitrogen and oxygen atoms in total. The zero-order valence-electron chi connectivity index (χ0n) is 12.7. The molecule has 1 aliphatic carbocycles. The van der Waals surface area contributed by atoms with Gasteiger partial charge in [-0.25, -0.2) is 0 Å². The number of benzene rings is 1. The Morgan fingerprint density at radius 1 is 1.10 bits per heavy atom. The van der Waals surface area contributed by atoms with E-state index in [0.29, 0.717) is 6.04 Å². The maximum Gasteiger partial charge on any atom is 0.161 e. The molecule has 1 saturated carbocycles. The third-order valence-electron chi connectivity index (χ3n) is 3.97. The molecule has 1 aromatic rings. The van der Waals surface area contributed by atoms with Crippen LogP contribution in [0.3, 0.4) is 0 Å². The molecule has 20 heavy (non-hydrogen) atoms. The van der Waals surface area contributed by atoms with Crippen molar-refractivity contribution in [1.82, 2.24) is 5.32 Å². The Morgan fingerprint density at radius 2 is 1.75 bits per heavy atom. The van der Waals surface area contributed by atoms with Crippen LogP contribution < -0.4 is 14.8 Å². The normalized spacial score (nSPS) is 16.1. The quantitative estimate of drug-likeness (QED) is 0.808. The van der Waals surface area contributed by atoms with Gasteiger partial charge < -0.3 is 14.8 Å². The summed E-state index contributed by atoms with van der Waals surface area (Å²) in [5.41, 5.74) is 1.29. The van der Waals surface area contributed by atoms with E-state index in [1.54, 1.807) is 26.0 Å². The van der Waals surface area contributed by atoms with Gasteiger partial charge >= 0.3 is 0 Å². The van der Waals surface area contributed by atoms with Crippen molar-refractivity contribution in [3.8, 4) is 11.5 Å². The second-order valence-corrected chi connectivity index (χ2v) is 6.08. The topological polar surface area (TPSA) is 30.5 Å². The standard InChI is InChI=1S/C16H25NO2S/c1-18-14-9-12(16(20-3)10-15(14)19-2)11-17-13-7-5-4-6-8-13/h9-10,13,17H,4-8,11H2,1-3H3. The number of methoxy groups -OCH3 is 2. The number of ether oxygens (including phenoxy) is 2. The predicted molar refractivity (Wildman–Crippen MR) is 85.0 cm³/mol. The van der Waals surface area contributed by atoms with Gasteiger partial charge in [0.25, 0.3) is 0 Å². The van der Waals surface area contributed by atoms with Crippen molar-refractivity contribution in [2.45, 2.75) is 49.6 Å². The molecule has 0 radical (unpaired) electrons. The monoisotopic (exact) mass is 295 g/mol. The van der Waals surface area contributed by atoms with E-state index in [1.807, 2.05) is 0 Å². The van der Waals surface area contributed by atoms with Crippen LogP contribution in [0.4, 0.5) is 0 Å². The molecule has 0 aliphatic heterocycles. The van der Waals surface area contributed by atoms with Gasteiger partial charge in [-0.2, -0.15) is 0 Å². The average molecular weight is 295 g/mol. The summed E-state index contributed by atoms with van der Waals surface area (Å²) in [6.45, 7) is 0.904. The van der Waals surface area contributed by atoms with E-state index < -0.39 is 0 Å². The molecular weight excluding hydrogens is 270 g/mol. The van der Waals surface area contributed by atoms with Crippen LogP contribution in [0, 0.1) is 0 Å². The van der Waals surface area contributed by atoms with Crippen molar-refractivity contribution in [1.29, 1.82) is 0 Å². The van der Waals surface area contributed by atoms with Crippen LogP contribution in [0.2, 0.25) is 0 Å². The molecule has 0 bridgehead atoms. The minimum Gasteiger partial charge on any atom is -0.493 e. The fraction of sp³-hybridized carbons (Fsp3) is 0.625. The highest BCUT2D eigenvalue weighted by molar-refractivity contribution is 7.98. The summed E-state index contributed by atoms with van der Waals surface area (Å²) in [5.74, 6) is 1.61. The maximum atomic E-state index is 5.41. The fourth-order valence-corrected chi connectivity index (χ4v) is 3.41. The first-order valence-electron chi connectivity index (χ1n) is 7.30. The summed E-state index contributed by atoms with van der Waals surface area (Å²) in [4.78, 5) is 1.26. The largest absolute Gasteiger partial charge is 0.493 e. The Labute approximate surface area is 126 Å². The Balaban J connectivity index is 2.08. The third kappa shape index (κ3) is 3.83. The van der Waals surface area contributed by atoms with E-state index in [2.05, 4.69) is 23.7 Å². The number of hydrogen-bond donors (Lipinski definition) is 1. The fourth-order valence-electron chi connectivity index (χ4n) is 2.79. The second kappa shape index (κ2) is 7.79. The summed E-state index contributed by atoms with van der Waals surface area (Å²) in [6.07, 6.45) is 8.83. The second-order valence-electron chi connectivity index (χ2n) is 5.23. The SMILES string of the molecule is COc1cc(CNC2CCCCC2)c(SC)cc1OC. The highest BCUT2D eigenvalue weighted by atomic mass is 32.2. The molecule has 0 amide bonds. The Kier molecular flexibility index (Phi) is 6.05. The lowest BCUT2D eigenvalue weighted by Crippen LogP contribution is -2.30. The molecule has 0 heterocycles. The Morgan fingerprint density at radius 3 is 2.35 bits per heavy atom. The highest BCUT2D eigenvalue weighted by Gasteiger charge is 2.15. The van der Waals surface area contributed by atoms with Crippen molar-refractivity contribution in [3.63, 3.8) is 0 Å². The smallest absolute Gasteiger partial charge is 0.161 e. The Hall–Kier alpha value is -0.870. The third-order valence-corrected chi connectivity index (χ3v) is 4.79. The molecule has 1 fully saturated rings. The number of thioether (sulfide) groups is 1. The molecule has 0 unspecified atom stereocenters.